The molecular weight excluding hydrogens is 296 g/mol. The zero-order valence-electron chi connectivity index (χ0n) is 12.7. The normalized spacial score (nSPS) is 11.5. The van der Waals surface area contributed by atoms with E-state index < -0.39 is 0 Å². The molecule has 0 saturated carbocycles. The Balaban J connectivity index is 2.20. The molecule has 21 heavy (non-hydrogen) atoms. The van der Waals surface area contributed by atoms with Gasteiger partial charge in [-0.05, 0) is 30.5 Å². The predicted molar refractivity (Wildman–Crippen MR) is 93.3 cm³/mol. The fourth-order valence-corrected chi connectivity index (χ4v) is 4.14. The van der Waals surface area contributed by atoms with Crippen LogP contribution in [0, 0.1) is 13.8 Å². The van der Waals surface area contributed by atoms with E-state index in [0.29, 0.717) is 5.25 Å². The highest BCUT2D eigenvalue weighted by Gasteiger charge is 2.14. The van der Waals surface area contributed by atoms with Crippen molar-refractivity contribution in [1.82, 2.24) is 9.97 Å². The van der Waals surface area contributed by atoms with E-state index in [1.807, 2.05) is 0 Å². The summed E-state index contributed by atoms with van der Waals surface area (Å²) in [7, 11) is 0. The van der Waals surface area contributed by atoms with Gasteiger partial charge in [0.25, 0.3) is 0 Å². The Labute approximate surface area is 133 Å². The highest BCUT2D eigenvalue weighted by molar-refractivity contribution is 8.00. The van der Waals surface area contributed by atoms with Crippen molar-refractivity contribution in [2.24, 2.45) is 0 Å². The molecule has 2 nitrogen and oxygen atoms in total. The van der Waals surface area contributed by atoms with Crippen LogP contribution in [0.3, 0.4) is 0 Å². The van der Waals surface area contributed by atoms with Crippen molar-refractivity contribution in [1.29, 1.82) is 0 Å². The summed E-state index contributed by atoms with van der Waals surface area (Å²) in [6, 6.07) is 6.64. The SMILES string of the molecule is Cc1ccc(-c2csc3ncnc(SC(C)C)c23)cc1C. The highest BCUT2D eigenvalue weighted by Crippen LogP contribution is 2.39. The predicted octanol–water partition coefficient (Wildman–Crippen LogP) is 5.48. The van der Waals surface area contributed by atoms with Crippen LogP contribution in [-0.4, -0.2) is 15.2 Å². The van der Waals surface area contributed by atoms with Gasteiger partial charge in [0.15, 0.2) is 0 Å². The van der Waals surface area contributed by atoms with Crippen LogP contribution in [-0.2, 0) is 0 Å². The molecule has 3 rings (SSSR count). The fourth-order valence-electron chi connectivity index (χ4n) is 2.28. The second-order valence-corrected chi connectivity index (χ2v) is 7.90. The molecule has 0 aliphatic carbocycles. The maximum Gasteiger partial charge on any atom is 0.128 e. The lowest BCUT2D eigenvalue weighted by molar-refractivity contribution is 1.07. The lowest BCUT2D eigenvalue weighted by Gasteiger charge is -2.08. The van der Waals surface area contributed by atoms with E-state index in [4.69, 9.17) is 0 Å². The molecule has 3 aromatic rings. The maximum atomic E-state index is 4.50. The number of rotatable bonds is 3. The molecule has 0 fully saturated rings. The van der Waals surface area contributed by atoms with Gasteiger partial charge in [-0.1, -0.05) is 32.0 Å². The highest BCUT2D eigenvalue weighted by atomic mass is 32.2. The van der Waals surface area contributed by atoms with Gasteiger partial charge in [-0.15, -0.1) is 23.1 Å². The molecule has 0 aliphatic heterocycles. The van der Waals surface area contributed by atoms with Gasteiger partial charge in [0.2, 0.25) is 0 Å². The minimum absolute atomic E-state index is 0.510. The number of aromatic nitrogens is 2. The number of thioether (sulfide) groups is 1. The van der Waals surface area contributed by atoms with Crippen molar-refractivity contribution in [2.75, 3.05) is 0 Å². The van der Waals surface area contributed by atoms with Gasteiger partial charge >= 0.3 is 0 Å². The molecular formula is C17H18N2S2. The Morgan fingerprint density at radius 3 is 2.62 bits per heavy atom. The first-order valence-electron chi connectivity index (χ1n) is 7.02. The topological polar surface area (TPSA) is 25.8 Å². The number of hydrogen-bond donors (Lipinski definition) is 0. The Morgan fingerprint density at radius 2 is 1.90 bits per heavy atom. The van der Waals surface area contributed by atoms with Gasteiger partial charge in [0.05, 0.1) is 5.39 Å². The summed E-state index contributed by atoms with van der Waals surface area (Å²) in [5, 5.41) is 5.00. The number of fused-ring (bicyclic) bond motifs is 1. The maximum absolute atomic E-state index is 4.50. The smallest absolute Gasteiger partial charge is 0.128 e. The Hall–Kier alpha value is -1.39. The van der Waals surface area contributed by atoms with E-state index in [1.54, 1.807) is 29.4 Å². The van der Waals surface area contributed by atoms with E-state index in [0.717, 1.165) is 9.86 Å². The molecule has 0 aliphatic rings. The van der Waals surface area contributed by atoms with Crippen molar-refractivity contribution in [3.05, 3.63) is 41.0 Å². The quantitative estimate of drug-likeness (QED) is 0.473. The molecule has 0 saturated heterocycles. The number of thiophene rings is 1. The molecule has 0 N–H and O–H groups in total. The van der Waals surface area contributed by atoms with Crippen molar-refractivity contribution < 1.29 is 0 Å². The lowest BCUT2D eigenvalue weighted by atomic mass is 10.0. The Bertz CT molecular complexity index is 791. The van der Waals surface area contributed by atoms with Gasteiger partial charge in [0.1, 0.15) is 16.2 Å². The second-order valence-electron chi connectivity index (χ2n) is 5.47. The van der Waals surface area contributed by atoms with Crippen molar-refractivity contribution in [3.8, 4) is 11.1 Å². The van der Waals surface area contributed by atoms with Crippen LogP contribution in [0.4, 0.5) is 0 Å². The fraction of sp³-hybridized carbons (Fsp3) is 0.294. The summed E-state index contributed by atoms with van der Waals surface area (Å²) in [5.74, 6) is 0. The van der Waals surface area contributed by atoms with Crippen molar-refractivity contribution in [2.45, 2.75) is 38.0 Å². The van der Waals surface area contributed by atoms with Crippen LogP contribution in [0.1, 0.15) is 25.0 Å². The molecule has 108 valence electrons. The van der Waals surface area contributed by atoms with Gasteiger partial charge in [-0.25, -0.2) is 9.97 Å². The van der Waals surface area contributed by atoms with E-state index in [9.17, 15) is 0 Å². The lowest BCUT2D eigenvalue weighted by Crippen LogP contribution is -1.91. The second kappa shape index (κ2) is 5.78. The van der Waals surface area contributed by atoms with E-state index in [1.165, 1.54) is 27.6 Å². The number of benzene rings is 1. The van der Waals surface area contributed by atoms with Gasteiger partial charge in [-0.2, -0.15) is 0 Å². The summed E-state index contributed by atoms with van der Waals surface area (Å²) in [6.07, 6.45) is 1.67. The first-order valence-corrected chi connectivity index (χ1v) is 8.78. The first-order chi connectivity index (χ1) is 10.1. The summed E-state index contributed by atoms with van der Waals surface area (Å²) in [6.45, 7) is 8.70. The molecule has 1 aromatic carbocycles. The number of aryl methyl sites for hydroxylation is 2. The van der Waals surface area contributed by atoms with Gasteiger partial charge in [0, 0.05) is 16.2 Å². The molecule has 2 heterocycles. The Morgan fingerprint density at radius 1 is 1.10 bits per heavy atom. The molecule has 0 atom stereocenters. The van der Waals surface area contributed by atoms with Crippen LogP contribution in [0.25, 0.3) is 21.3 Å². The molecule has 0 unspecified atom stereocenters. The average Bonchev–Trinajstić information content (AvgIpc) is 2.86. The number of nitrogens with zero attached hydrogens (tertiary/aromatic N) is 2. The third-order valence-electron chi connectivity index (χ3n) is 3.50. The first kappa shape index (κ1) is 14.5. The molecule has 0 spiro atoms. The molecule has 0 radical (unpaired) electrons. The van der Waals surface area contributed by atoms with E-state index in [-0.39, 0.29) is 0 Å². The Kier molecular flexibility index (Phi) is 4.00. The standard InChI is InChI=1S/C17H18N2S2/c1-10(2)21-17-15-14(8-20-16(15)18-9-19-17)13-6-5-11(3)12(4)7-13/h5-10H,1-4H3. The summed E-state index contributed by atoms with van der Waals surface area (Å²) in [4.78, 5) is 10.0. The minimum atomic E-state index is 0.510. The largest absolute Gasteiger partial charge is 0.229 e. The van der Waals surface area contributed by atoms with Crippen LogP contribution in [0.2, 0.25) is 0 Å². The van der Waals surface area contributed by atoms with E-state index >= 15 is 0 Å². The van der Waals surface area contributed by atoms with Crippen LogP contribution in [0.15, 0.2) is 34.9 Å². The third-order valence-corrected chi connectivity index (χ3v) is 5.39. The summed E-state index contributed by atoms with van der Waals surface area (Å²) >= 11 is 3.50. The van der Waals surface area contributed by atoms with Gasteiger partial charge in [-0.3, -0.25) is 0 Å². The molecule has 0 bridgehead atoms. The summed E-state index contributed by atoms with van der Waals surface area (Å²) in [5.41, 5.74) is 5.15. The zero-order valence-corrected chi connectivity index (χ0v) is 14.3. The zero-order chi connectivity index (χ0) is 15.0. The van der Waals surface area contributed by atoms with E-state index in [2.05, 4.69) is 61.2 Å². The van der Waals surface area contributed by atoms with Crippen LogP contribution >= 0.6 is 23.1 Å². The van der Waals surface area contributed by atoms with Crippen molar-refractivity contribution >= 4 is 33.3 Å². The minimum Gasteiger partial charge on any atom is -0.229 e. The average molecular weight is 314 g/mol. The van der Waals surface area contributed by atoms with Crippen molar-refractivity contribution in [3.63, 3.8) is 0 Å². The number of hydrogen-bond acceptors (Lipinski definition) is 4. The van der Waals surface area contributed by atoms with Crippen LogP contribution < -0.4 is 0 Å². The monoisotopic (exact) mass is 314 g/mol. The molecule has 0 amide bonds. The van der Waals surface area contributed by atoms with Crippen LogP contribution in [0.5, 0.6) is 0 Å². The summed E-state index contributed by atoms with van der Waals surface area (Å²) < 4.78 is 0. The molecule has 2 aromatic heterocycles. The molecule has 4 heteroatoms. The third kappa shape index (κ3) is 2.83. The van der Waals surface area contributed by atoms with Gasteiger partial charge < -0.3 is 0 Å².